The van der Waals surface area contributed by atoms with Gasteiger partial charge in [-0.15, -0.1) is 0 Å². The maximum absolute atomic E-state index is 12.3. The summed E-state index contributed by atoms with van der Waals surface area (Å²) < 4.78 is 0. The van der Waals surface area contributed by atoms with Gasteiger partial charge >= 0.3 is 0 Å². The smallest absolute Gasteiger partial charge is 0.225 e. The Kier molecular flexibility index (Phi) is 2.46. The van der Waals surface area contributed by atoms with Crippen LogP contribution in [-0.2, 0) is 4.79 Å². The number of likely N-dealkylation sites (tertiary alicyclic amines) is 1. The van der Waals surface area contributed by atoms with Gasteiger partial charge in [0.25, 0.3) is 0 Å². The van der Waals surface area contributed by atoms with Gasteiger partial charge in [0.15, 0.2) is 0 Å². The fraction of sp³-hybridized carbons (Fsp3) is 0.923. The molecule has 3 rings (SSSR count). The molecule has 90 valence electrons. The molecule has 0 aromatic rings. The van der Waals surface area contributed by atoms with Crippen molar-refractivity contribution in [1.29, 1.82) is 0 Å². The largest absolute Gasteiger partial charge is 0.341 e. The molecular weight excluding hydrogens is 200 g/mol. The van der Waals surface area contributed by atoms with Crippen molar-refractivity contribution in [3.63, 3.8) is 0 Å². The van der Waals surface area contributed by atoms with E-state index in [1.54, 1.807) is 0 Å². The Morgan fingerprint density at radius 2 is 1.94 bits per heavy atom. The molecule has 0 aromatic carbocycles. The van der Waals surface area contributed by atoms with Crippen LogP contribution >= 0.6 is 0 Å². The summed E-state index contributed by atoms with van der Waals surface area (Å²) in [5.74, 6) is 3.10. The van der Waals surface area contributed by atoms with Crippen molar-refractivity contribution < 1.29 is 4.79 Å². The summed E-state index contributed by atoms with van der Waals surface area (Å²) in [7, 11) is 0. The summed E-state index contributed by atoms with van der Waals surface area (Å²) in [6, 6.07) is 0.189. The minimum atomic E-state index is 0.189. The van der Waals surface area contributed by atoms with Gasteiger partial charge in [0.05, 0.1) is 0 Å². The second-order valence-electron chi connectivity index (χ2n) is 6.14. The van der Waals surface area contributed by atoms with Crippen LogP contribution in [0.15, 0.2) is 0 Å². The third-order valence-corrected chi connectivity index (χ3v) is 4.92. The summed E-state index contributed by atoms with van der Waals surface area (Å²) in [5.41, 5.74) is 6.05. The Hall–Kier alpha value is -0.570. The molecule has 1 amide bonds. The standard InChI is InChI=1S/C13H22N2O/c1-8-2-3-15(7-12(8)14)13(16)11-5-9-4-10(9)6-11/h8-12H,2-7,14H2,1H3. The Labute approximate surface area is 97.4 Å². The van der Waals surface area contributed by atoms with Crippen molar-refractivity contribution in [2.24, 2.45) is 29.4 Å². The molecule has 4 unspecified atom stereocenters. The lowest BCUT2D eigenvalue weighted by Crippen LogP contribution is -2.51. The van der Waals surface area contributed by atoms with Crippen LogP contribution in [0.1, 0.15) is 32.6 Å². The van der Waals surface area contributed by atoms with Gasteiger partial charge in [-0.3, -0.25) is 4.79 Å². The molecule has 2 aliphatic carbocycles. The molecule has 3 heteroatoms. The number of nitrogens with zero attached hydrogens (tertiary/aromatic N) is 1. The molecule has 16 heavy (non-hydrogen) atoms. The maximum atomic E-state index is 12.3. The van der Waals surface area contributed by atoms with Crippen molar-refractivity contribution >= 4 is 5.91 Å². The molecule has 3 aliphatic rings. The van der Waals surface area contributed by atoms with Crippen LogP contribution in [0.2, 0.25) is 0 Å². The molecule has 2 N–H and O–H groups in total. The summed E-state index contributed by atoms with van der Waals surface area (Å²) in [4.78, 5) is 14.3. The minimum absolute atomic E-state index is 0.189. The molecule has 4 atom stereocenters. The highest BCUT2D eigenvalue weighted by Crippen LogP contribution is 2.54. The van der Waals surface area contributed by atoms with Crippen molar-refractivity contribution in [1.82, 2.24) is 4.90 Å². The van der Waals surface area contributed by atoms with E-state index in [9.17, 15) is 4.79 Å². The fourth-order valence-electron chi connectivity index (χ4n) is 3.47. The van der Waals surface area contributed by atoms with Crippen LogP contribution in [0.3, 0.4) is 0 Å². The highest BCUT2D eigenvalue weighted by atomic mass is 16.2. The number of hydrogen-bond donors (Lipinski definition) is 1. The molecule has 3 nitrogen and oxygen atoms in total. The first-order chi connectivity index (χ1) is 7.65. The summed E-state index contributed by atoms with van der Waals surface area (Å²) in [6.45, 7) is 3.91. The zero-order chi connectivity index (χ0) is 11.3. The number of piperidine rings is 1. The van der Waals surface area contributed by atoms with Crippen LogP contribution in [0.25, 0.3) is 0 Å². The Bertz CT molecular complexity index is 294. The molecule has 2 saturated carbocycles. The third kappa shape index (κ3) is 1.75. The van der Waals surface area contributed by atoms with E-state index in [1.165, 1.54) is 6.42 Å². The lowest BCUT2D eigenvalue weighted by atomic mass is 9.92. The predicted molar refractivity (Wildman–Crippen MR) is 62.7 cm³/mol. The first-order valence-corrected chi connectivity index (χ1v) is 6.69. The number of nitrogens with two attached hydrogens (primary N) is 1. The highest BCUT2D eigenvalue weighted by Gasteiger charge is 2.49. The lowest BCUT2D eigenvalue weighted by molar-refractivity contribution is -0.137. The zero-order valence-electron chi connectivity index (χ0n) is 10.1. The normalized spacial score (nSPS) is 46.6. The summed E-state index contributed by atoms with van der Waals surface area (Å²) in [5, 5.41) is 0. The molecule has 0 radical (unpaired) electrons. The highest BCUT2D eigenvalue weighted by molar-refractivity contribution is 5.79. The first kappa shape index (κ1) is 10.6. The van der Waals surface area contributed by atoms with E-state index in [-0.39, 0.29) is 6.04 Å². The number of hydrogen-bond acceptors (Lipinski definition) is 2. The minimum Gasteiger partial charge on any atom is -0.341 e. The van der Waals surface area contributed by atoms with Crippen molar-refractivity contribution in [2.45, 2.75) is 38.6 Å². The second kappa shape index (κ2) is 3.73. The van der Waals surface area contributed by atoms with Gasteiger partial charge in [0.2, 0.25) is 5.91 Å². The van der Waals surface area contributed by atoms with Crippen molar-refractivity contribution in [2.75, 3.05) is 13.1 Å². The van der Waals surface area contributed by atoms with E-state index in [1.807, 2.05) is 4.90 Å². The van der Waals surface area contributed by atoms with Crippen LogP contribution in [0.5, 0.6) is 0 Å². The topological polar surface area (TPSA) is 46.3 Å². The van der Waals surface area contributed by atoms with E-state index in [0.717, 1.165) is 44.2 Å². The van der Waals surface area contributed by atoms with Gasteiger partial charge in [0.1, 0.15) is 0 Å². The van der Waals surface area contributed by atoms with Gasteiger partial charge in [-0.05, 0) is 43.4 Å². The maximum Gasteiger partial charge on any atom is 0.225 e. The molecule has 0 bridgehead atoms. The molecule has 0 spiro atoms. The summed E-state index contributed by atoms with van der Waals surface area (Å²) >= 11 is 0. The number of amides is 1. The number of carbonyl (C=O) groups is 1. The van der Waals surface area contributed by atoms with E-state index in [2.05, 4.69) is 6.92 Å². The molecule has 0 aromatic heterocycles. The molecule has 1 heterocycles. The van der Waals surface area contributed by atoms with Crippen LogP contribution in [-0.4, -0.2) is 29.9 Å². The average molecular weight is 222 g/mol. The van der Waals surface area contributed by atoms with Gasteiger partial charge in [-0.25, -0.2) is 0 Å². The molecule has 1 aliphatic heterocycles. The van der Waals surface area contributed by atoms with Gasteiger partial charge in [-0.1, -0.05) is 6.92 Å². The second-order valence-corrected chi connectivity index (χ2v) is 6.14. The zero-order valence-corrected chi connectivity index (χ0v) is 10.1. The van der Waals surface area contributed by atoms with Gasteiger partial charge in [-0.2, -0.15) is 0 Å². The predicted octanol–water partition coefficient (Wildman–Crippen LogP) is 1.23. The van der Waals surface area contributed by atoms with E-state index >= 15 is 0 Å². The molecule has 1 saturated heterocycles. The monoisotopic (exact) mass is 222 g/mol. The average Bonchev–Trinajstić information content (AvgIpc) is 2.89. The number of rotatable bonds is 1. The van der Waals surface area contributed by atoms with E-state index in [0.29, 0.717) is 17.7 Å². The fourth-order valence-corrected chi connectivity index (χ4v) is 3.47. The van der Waals surface area contributed by atoms with Gasteiger partial charge in [0, 0.05) is 25.0 Å². The van der Waals surface area contributed by atoms with Gasteiger partial charge < -0.3 is 10.6 Å². The van der Waals surface area contributed by atoms with Crippen LogP contribution in [0, 0.1) is 23.7 Å². The van der Waals surface area contributed by atoms with E-state index < -0.39 is 0 Å². The Balaban J connectivity index is 1.58. The first-order valence-electron chi connectivity index (χ1n) is 6.69. The van der Waals surface area contributed by atoms with Crippen LogP contribution < -0.4 is 5.73 Å². The summed E-state index contributed by atoms with van der Waals surface area (Å²) in [6.07, 6.45) is 4.78. The Morgan fingerprint density at radius 1 is 1.25 bits per heavy atom. The van der Waals surface area contributed by atoms with Crippen molar-refractivity contribution in [3.8, 4) is 0 Å². The molecule has 3 fully saturated rings. The Morgan fingerprint density at radius 3 is 2.56 bits per heavy atom. The number of carbonyl (C=O) groups excluding carboxylic acids is 1. The van der Waals surface area contributed by atoms with Crippen molar-refractivity contribution in [3.05, 3.63) is 0 Å². The molecular formula is C13H22N2O. The SMILES string of the molecule is CC1CCN(C(=O)C2CC3CC3C2)CC1N. The quantitative estimate of drug-likeness (QED) is 0.725. The van der Waals surface area contributed by atoms with E-state index in [4.69, 9.17) is 5.73 Å². The lowest BCUT2D eigenvalue weighted by Gasteiger charge is -2.36. The van der Waals surface area contributed by atoms with Crippen LogP contribution in [0.4, 0.5) is 0 Å². The number of fused-ring (bicyclic) bond motifs is 1. The third-order valence-electron chi connectivity index (χ3n) is 4.92.